The van der Waals surface area contributed by atoms with Crippen LogP contribution >= 0.6 is 0 Å². The molecule has 1 fully saturated rings. The molecule has 3 N–H and O–H groups in total. The van der Waals surface area contributed by atoms with Crippen molar-refractivity contribution >= 4 is 12.0 Å². The van der Waals surface area contributed by atoms with Crippen LogP contribution in [0.5, 0.6) is 11.5 Å². The number of likely N-dealkylation sites (N-methyl/N-ethyl adjacent to an activating group) is 1. The molecule has 26 heavy (non-hydrogen) atoms. The van der Waals surface area contributed by atoms with Crippen molar-refractivity contribution in [2.24, 2.45) is 0 Å². The fraction of sp³-hybridized carbons (Fsp3) is 0.556. The summed E-state index contributed by atoms with van der Waals surface area (Å²) in [7, 11) is 0. The average Bonchev–Trinajstić information content (AvgIpc) is 2.60. The van der Waals surface area contributed by atoms with Crippen molar-refractivity contribution in [2.75, 3.05) is 26.2 Å². The molecule has 3 rings (SSSR count). The van der Waals surface area contributed by atoms with Gasteiger partial charge in [-0.1, -0.05) is 19.1 Å². The van der Waals surface area contributed by atoms with Gasteiger partial charge in [-0.15, -0.1) is 0 Å². The van der Waals surface area contributed by atoms with Gasteiger partial charge in [0.2, 0.25) is 0 Å². The van der Waals surface area contributed by atoms with Gasteiger partial charge in [0.1, 0.15) is 6.61 Å². The summed E-state index contributed by atoms with van der Waals surface area (Å²) in [4.78, 5) is 24.8. The fourth-order valence-electron chi connectivity index (χ4n) is 3.28. The molecule has 1 aromatic carbocycles. The molecule has 8 nitrogen and oxygen atoms in total. The molecule has 1 aliphatic heterocycles. The number of nitrogens with zero attached hydrogens (tertiary/aromatic N) is 1. The highest BCUT2D eigenvalue weighted by Gasteiger charge is 2.34. The number of rotatable bonds is 7. The molecule has 0 bridgehead atoms. The van der Waals surface area contributed by atoms with E-state index in [1.54, 1.807) is 0 Å². The first-order valence-corrected chi connectivity index (χ1v) is 8.93. The number of carbonyl (C=O) groups excluding carboxylic acids is 1. The first kappa shape index (κ1) is 18.3. The van der Waals surface area contributed by atoms with E-state index in [2.05, 4.69) is 10.6 Å². The second kappa shape index (κ2) is 8.27. The molecule has 0 saturated heterocycles. The van der Waals surface area contributed by atoms with Crippen LogP contribution < -0.4 is 20.1 Å². The van der Waals surface area contributed by atoms with E-state index >= 15 is 0 Å². The van der Waals surface area contributed by atoms with Crippen LogP contribution in [0.4, 0.5) is 4.79 Å². The molecule has 1 atom stereocenters. The molecule has 1 saturated carbocycles. The van der Waals surface area contributed by atoms with Crippen LogP contribution in [0.25, 0.3) is 0 Å². The first-order valence-electron chi connectivity index (χ1n) is 8.93. The Balaban J connectivity index is 1.35. The number of nitrogens with one attached hydrogen (secondary N) is 2. The van der Waals surface area contributed by atoms with Gasteiger partial charge in [-0.05, 0) is 31.5 Å². The van der Waals surface area contributed by atoms with Crippen LogP contribution in [0.2, 0.25) is 0 Å². The second-order valence-electron chi connectivity index (χ2n) is 6.63. The third-order valence-electron chi connectivity index (χ3n) is 4.77. The number of fused-ring (bicyclic) bond motifs is 1. The van der Waals surface area contributed by atoms with Gasteiger partial charge in [0.25, 0.3) is 0 Å². The third kappa shape index (κ3) is 4.57. The number of carboxylic acids is 1. The van der Waals surface area contributed by atoms with Crippen molar-refractivity contribution in [2.45, 2.75) is 38.0 Å². The van der Waals surface area contributed by atoms with Crippen molar-refractivity contribution < 1.29 is 24.2 Å². The third-order valence-corrected chi connectivity index (χ3v) is 4.77. The lowest BCUT2D eigenvalue weighted by Gasteiger charge is -2.42. The lowest BCUT2D eigenvalue weighted by atomic mass is 9.85. The summed E-state index contributed by atoms with van der Waals surface area (Å²) in [5.74, 6) is 0.582. The molecule has 8 heteroatoms. The fourth-order valence-corrected chi connectivity index (χ4v) is 3.28. The topological polar surface area (TPSA) is 100 Å². The molecule has 2 amide bonds. The molecular weight excluding hydrogens is 338 g/mol. The minimum atomic E-state index is -0.822. The molecule has 1 aliphatic carbocycles. The Hall–Kier alpha value is -2.48. The Bertz CT molecular complexity index is 647. The van der Waals surface area contributed by atoms with Crippen LogP contribution in [0.3, 0.4) is 0 Å². The standard InChI is InChI=1S/C18H25N3O5/c1-2-21(10-17(22)23)13-7-12(8-13)20-18(24)19-9-14-11-25-15-5-3-4-6-16(15)26-14/h3-6,12-14H,2,7-11H2,1H3,(H,22,23)(H2,19,20,24). The summed E-state index contributed by atoms with van der Waals surface area (Å²) in [6.45, 7) is 3.43. The van der Waals surface area contributed by atoms with E-state index in [1.165, 1.54) is 0 Å². The quantitative estimate of drug-likeness (QED) is 0.670. The zero-order chi connectivity index (χ0) is 18.5. The highest BCUT2D eigenvalue weighted by atomic mass is 16.6. The van der Waals surface area contributed by atoms with Gasteiger partial charge in [0.15, 0.2) is 17.6 Å². The molecule has 1 heterocycles. The maximum atomic E-state index is 12.0. The van der Waals surface area contributed by atoms with E-state index in [9.17, 15) is 9.59 Å². The zero-order valence-electron chi connectivity index (χ0n) is 14.8. The van der Waals surface area contributed by atoms with Crippen molar-refractivity contribution in [3.05, 3.63) is 24.3 Å². The van der Waals surface area contributed by atoms with E-state index in [-0.39, 0.29) is 30.8 Å². The summed E-state index contributed by atoms with van der Waals surface area (Å²) in [6, 6.07) is 7.50. The van der Waals surface area contributed by atoms with Crippen molar-refractivity contribution in [3.8, 4) is 11.5 Å². The lowest BCUT2D eigenvalue weighted by Crippen LogP contribution is -2.57. The van der Waals surface area contributed by atoms with Crippen LogP contribution in [-0.2, 0) is 4.79 Å². The van der Waals surface area contributed by atoms with E-state index in [0.717, 1.165) is 18.6 Å². The van der Waals surface area contributed by atoms with Crippen LogP contribution in [0.1, 0.15) is 19.8 Å². The summed E-state index contributed by atoms with van der Waals surface area (Å²) in [6.07, 6.45) is 1.31. The predicted octanol–water partition coefficient (Wildman–Crippen LogP) is 1.06. The lowest BCUT2D eigenvalue weighted by molar-refractivity contribution is -0.139. The maximum absolute atomic E-state index is 12.0. The SMILES string of the molecule is CCN(CC(=O)O)C1CC(NC(=O)NCC2COc3ccccc3O2)C1. The molecule has 2 aliphatic rings. The van der Waals surface area contributed by atoms with Gasteiger partial charge in [0.05, 0.1) is 13.1 Å². The van der Waals surface area contributed by atoms with E-state index < -0.39 is 5.97 Å². The van der Waals surface area contributed by atoms with Gasteiger partial charge < -0.3 is 25.2 Å². The second-order valence-corrected chi connectivity index (χ2v) is 6.63. The first-order chi connectivity index (χ1) is 12.5. The number of aliphatic carboxylic acids is 1. The van der Waals surface area contributed by atoms with Crippen LogP contribution in [0.15, 0.2) is 24.3 Å². The maximum Gasteiger partial charge on any atom is 0.317 e. The number of hydrogen-bond acceptors (Lipinski definition) is 5. The van der Waals surface area contributed by atoms with E-state index in [0.29, 0.717) is 25.4 Å². The Morgan fingerprint density at radius 3 is 2.69 bits per heavy atom. The molecule has 142 valence electrons. The van der Waals surface area contributed by atoms with E-state index in [4.69, 9.17) is 14.6 Å². The Morgan fingerprint density at radius 2 is 2.00 bits per heavy atom. The number of carboxylic acid groups (broad SMARTS) is 1. The molecule has 0 spiro atoms. The van der Waals surface area contributed by atoms with Gasteiger partial charge in [-0.25, -0.2) is 4.79 Å². The summed E-state index contributed by atoms with van der Waals surface area (Å²) < 4.78 is 11.4. The smallest absolute Gasteiger partial charge is 0.317 e. The highest BCUT2D eigenvalue weighted by molar-refractivity contribution is 5.74. The summed E-state index contributed by atoms with van der Waals surface area (Å²) in [5.41, 5.74) is 0. The Labute approximate surface area is 152 Å². The van der Waals surface area contributed by atoms with Gasteiger partial charge in [-0.3, -0.25) is 9.69 Å². The number of amides is 2. The number of ether oxygens (including phenoxy) is 2. The minimum Gasteiger partial charge on any atom is -0.486 e. The minimum absolute atomic E-state index is 0.0422. The normalized spacial score (nSPS) is 23.8. The molecule has 1 aromatic rings. The summed E-state index contributed by atoms with van der Waals surface area (Å²) >= 11 is 0. The van der Waals surface area contributed by atoms with Gasteiger partial charge in [-0.2, -0.15) is 0 Å². The number of urea groups is 1. The molecule has 0 aromatic heterocycles. The number of para-hydroxylation sites is 2. The van der Waals surface area contributed by atoms with Crippen molar-refractivity contribution in [1.29, 1.82) is 0 Å². The van der Waals surface area contributed by atoms with Gasteiger partial charge in [0, 0.05) is 12.1 Å². The number of hydrogen-bond donors (Lipinski definition) is 3. The predicted molar refractivity (Wildman–Crippen MR) is 94.6 cm³/mol. The molecular formula is C18H25N3O5. The largest absolute Gasteiger partial charge is 0.486 e. The monoisotopic (exact) mass is 363 g/mol. The highest BCUT2D eigenvalue weighted by Crippen LogP contribution is 2.30. The number of carbonyl (C=O) groups is 2. The van der Waals surface area contributed by atoms with Crippen molar-refractivity contribution in [1.82, 2.24) is 15.5 Å². The molecule has 1 unspecified atom stereocenters. The Kier molecular flexibility index (Phi) is 5.82. The van der Waals surface area contributed by atoms with E-state index in [1.807, 2.05) is 36.1 Å². The summed E-state index contributed by atoms with van der Waals surface area (Å²) in [5, 5.41) is 14.6. The van der Waals surface area contributed by atoms with Crippen LogP contribution in [0, 0.1) is 0 Å². The van der Waals surface area contributed by atoms with Gasteiger partial charge >= 0.3 is 12.0 Å². The number of benzene rings is 1. The molecule has 0 radical (unpaired) electrons. The average molecular weight is 363 g/mol. The Morgan fingerprint density at radius 1 is 1.27 bits per heavy atom. The van der Waals surface area contributed by atoms with Crippen LogP contribution in [-0.4, -0.2) is 66.4 Å². The van der Waals surface area contributed by atoms with Crippen molar-refractivity contribution in [3.63, 3.8) is 0 Å². The zero-order valence-corrected chi connectivity index (χ0v) is 14.8.